The number of carbonyl (C=O) groups is 1. The van der Waals surface area contributed by atoms with Gasteiger partial charge in [-0.3, -0.25) is 4.79 Å². The summed E-state index contributed by atoms with van der Waals surface area (Å²) >= 11 is 3.08. The van der Waals surface area contributed by atoms with Crippen LogP contribution in [0.25, 0.3) is 0 Å². The molecule has 0 aliphatic carbocycles. The highest BCUT2D eigenvalue weighted by molar-refractivity contribution is 8.01. The van der Waals surface area contributed by atoms with E-state index in [-0.39, 0.29) is 5.91 Å². The number of rotatable bonds is 6. The number of thioether (sulfide) groups is 1. The Kier molecular flexibility index (Phi) is 5.35. The molecule has 0 atom stereocenters. The van der Waals surface area contributed by atoms with Gasteiger partial charge in [0, 0.05) is 12.2 Å². The van der Waals surface area contributed by atoms with Gasteiger partial charge in [-0.05, 0) is 12.0 Å². The van der Waals surface area contributed by atoms with Crippen molar-refractivity contribution >= 4 is 34.1 Å². The molecule has 0 saturated heterocycles. The Hall–Kier alpha value is -1.40. The molecule has 0 fully saturated rings. The second-order valence-electron chi connectivity index (χ2n) is 3.86. The van der Waals surface area contributed by atoms with Gasteiger partial charge in [0.15, 0.2) is 4.34 Å². The van der Waals surface area contributed by atoms with Gasteiger partial charge < -0.3 is 5.32 Å². The Morgan fingerprint density at radius 1 is 1.32 bits per heavy atom. The summed E-state index contributed by atoms with van der Waals surface area (Å²) in [7, 11) is 0. The van der Waals surface area contributed by atoms with Crippen LogP contribution < -0.4 is 5.32 Å². The van der Waals surface area contributed by atoms with Crippen molar-refractivity contribution < 1.29 is 4.79 Å². The maximum Gasteiger partial charge on any atom is 0.225 e. The normalized spacial score (nSPS) is 10.4. The van der Waals surface area contributed by atoms with Crippen molar-refractivity contribution in [3.05, 3.63) is 35.9 Å². The molecule has 6 heteroatoms. The molecule has 1 aromatic heterocycles. The Morgan fingerprint density at radius 2 is 2.11 bits per heavy atom. The van der Waals surface area contributed by atoms with E-state index in [1.165, 1.54) is 16.9 Å². The molecule has 0 radical (unpaired) electrons. The van der Waals surface area contributed by atoms with E-state index in [1.54, 1.807) is 11.8 Å². The summed E-state index contributed by atoms with van der Waals surface area (Å²) in [4.78, 5) is 11.2. The lowest BCUT2D eigenvalue weighted by atomic mass is 10.2. The molecule has 0 saturated carbocycles. The molecule has 1 N–H and O–H groups in total. The molecular weight excluding hydrogens is 278 g/mol. The number of anilines is 1. The van der Waals surface area contributed by atoms with Crippen LogP contribution in [0.5, 0.6) is 0 Å². The summed E-state index contributed by atoms with van der Waals surface area (Å²) in [5.74, 6) is 0.928. The third kappa shape index (κ3) is 4.65. The molecule has 0 aliphatic rings. The van der Waals surface area contributed by atoms with Gasteiger partial charge in [0.05, 0.1) is 0 Å². The Labute approximate surface area is 120 Å². The first kappa shape index (κ1) is 14.0. The van der Waals surface area contributed by atoms with Crippen LogP contribution in [0.3, 0.4) is 0 Å². The molecule has 19 heavy (non-hydrogen) atoms. The second kappa shape index (κ2) is 7.25. The first-order valence-electron chi connectivity index (χ1n) is 6.08. The van der Waals surface area contributed by atoms with Crippen molar-refractivity contribution in [1.82, 2.24) is 10.2 Å². The zero-order valence-corrected chi connectivity index (χ0v) is 12.3. The van der Waals surface area contributed by atoms with Crippen molar-refractivity contribution in [3.8, 4) is 0 Å². The van der Waals surface area contributed by atoms with Crippen LogP contribution in [-0.4, -0.2) is 21.9 Å². The minimum absolute atomic E-state index is 0.0306. The van der Waals surface area contributed by atoms with Gasteiger partial charge in [-0.1, -0.05) is 60.4 Å². The fourth-order valence-electron chi connectivity index (χ4n) is 1.43. The van der Waals surface area contributed by atoms with Crippen molar-refractivity contribution in [2.75, 3.05) is 11.1 Å². The van der Waals surface area contributed by atoms with E-state index in [0.717, 1.165) is 16.5 Å². The fourth-order valence-corrected chi connectivity index (χ4v) is 3.25. The Morgan fingerprint density at radius 3 is 2.84 bits per heavy atom. The maximum atomic E-state index is 11.2. The summed E-state index contributed by atoms with van der Waals surface area (Å²) in [6, 6.07) is 10.3. The number of benzene rings is 1. The lowest BCUT2D eigenvalue weighted by Crippen LogP contribution is -2.08. The molecule has 0 spiro atoms. The van der Waals surface area contributed by atoms with Gasteiger partial charge in [0.2, 0.25) is 11.0 Å². The molecule has 0 bridgehead atoms. The first-order chi connectivity index (χ1) is 9.28. The zero-order chi connectivity index (χ0) is 13.5. The molecule has 1 heterocycles. The van der Waals surface area contributed by atoms with Gasteiger partial charge in [-0.2, -0.15) is 0 Å². The van der Waals surface area contributed by atoms with E-state index in [9.17, 15) is 4.79 Å². The molecule has 4 nitrogen and oxygen atoms in total. The average molecular weight is 293 g/mol. The summed E-state index contributed by atoms with van der Waals surface area (Å²) in [5.41, 5.74) is 1.32. The summed E-state index contributed by atoms with van der Waals surface area (Å²) < 4.78 is 0.891. The van der Waals surface area contributed by atoms with E-state index in [2.05, 4.69) is 27.6 Å². The lowest BCUT2D eigenvalue weighted by Gasteiger charge is -1.98. The number of aryl methyl sites for hydroxylation is 1. The first-order valence-corrected chi connectivity index (χ1v) is 7.88. The average Bonchev–Trinajstić information content (AvgIpc) is 2.87. The summed E-state index contributed by atoms with van der Waals surface area (Å²) in [6.45, 7) is 1.81. The Bertz CT molecular complexity index is 528. The second-order valence-corrected chi connectivity index (χ2v) is 6.18. The summed E-state index contributed by atoms with van der Waals surface area (Å²) in [6.07, 6.45) is 1.46. The molecule has 1 amide bonds. The SMILES string of the molecule is CCC(=O)Nc1nnc(SCCc2ccccc2)s1. The largest absolute Gasteiger partial charge is 0.301 e. The number of hydrogen-bond acceptors (Lipinski definition) is 5. The van der Waals surface area contributed by atoms with Crippen LogP contribution in [0.4, 0.5) is 5.13 Å². The van der Waals surface area contributed by atoms with Crippen LogP contribution in [0, 0.1) is 0 Å². The standard InChI is InChI=1S/C13H15N3OS2/c1-2-11(17)14-12-15-16-13(19-12)18-9-8-10-6-4-3-5-7-10/h3-7H,2,8-9H2,1H3,(H,14,15,17). The van der Waals surface area contributed by atoms with Gasteiger partial charge >= 0.3 is 0 Å². The number of carbonyl (C=O) groups excluding carboxylic acids is 1. The lowest BCUT2D eigenvalue weighted by molar-refractivity contribution is -0.115. The number of hydrogen-bond donors (Lipinski definition) is 1. The molecule has 2 rings (SSSR count). The van der Waals surface area contributed by atoms with Gasteiger partial charge in [-0.15, -0.1) is 10.2 Å². The van der Waals surface area contributed by atoms with E-state index >= 15 is 0 Å². The number of amides is 1. The maximum absolute atomic E-state index is 11.2. The number of aromatic nitrogens is 2. The van der Waals surface area contributed by atoms with Gasteiger partial charge in [-0.25, -0.2) is 0 Å². The van der Waals surface area contributed by atoms with Crippen molar-refractivity contribution in [3.63, 3.8) is 0 Å². The van der Waals surface area contributed by atoms with Gasteiger partial charge in [0.25, 0.3) is 0 Å². The monoisotopic (exact) mass is 293 g/mol. The quantitative estimate of drug-likeness (QED) is 0.656. The Balaban J connectivity index is 1.79. The fraction of sp³-hybridized carbons (Fsp3) is 0.308. The molecule has 0 aliphatic heterocycles. The molecule has 0 unspecified atom stereocenters. The van der Waals surface area contributed by atoms with Crippen LogP contribution in [0.2, 0.25) is 0 Å². The third-order valence-corrected chi connectivity index (χ3v) is 4.41. The van der Waals surface area contributed by atoms with Crippen molar-refractivity contribution in [1.29, 1.82) is 0 Å². The molecular formula is C13H15N3OS2. The molecule has 100 valence electrons. The number of nitrogens with zero attached hydrogens (tertiary/aromatic N) is 2. The van der Waals surface area contributed by atoms with Crippen molar-refractivity contribution in [2.24, 2.45) is 0 Å². The molecule has 1 aromatic carbocycles. The topological polar surface area (TPSA) is 54.9 Å². The summed E-state index contributed by atoms with van der Waals surface area (Å²) in [5, 5.41) is 11.3. The predicted molar refractivity (Wildman–Crippen MR) is 79.7 cm³/mol. The van der Waals surface area contributed by atoms with E-state index in [0.29, 0.717) is 11.6 Å². The van der Waals surface area contributed by atoms with E-state index in [4.69, 9.17) is 0 Å². The minimum atomic E-state index is -0.0306. The van der Waals surface area contributed by atoms with Crippen LogP contribution >= 0.6 is 23.1 Å². The van der Waals surface area contributed by atoms with E-state index in [1.807, 2.05) is 25.1 Å². The number of nitrogens with one attached hydrogen (secondary N) is 1. The minimum Gasteiger partial charge on any atom is -0.301 e. The van der Waals surface area contributed by atoms with Crippen molar-refractivity contribution in [2.45, 2.75) is 24.1 Å². The smallest absolute Gasteiger partial charge is 0.225 e. The van der Waals surface area contributed by atoms with E-state index < -0.39 is 0 Å². The van der Waals surface area contributed by atoms with Gasteiger partial charge in [0.1, 0.15) is 0 Å². The van der Waals surface area contributed by atoms with Crippen LogP contribution in [0.1, 0.15) is 18.9 Å². The predicted octanol–water partition coefficient (Wildman–Crippen LogP) is 3.22. The van der Waals surface area contributed by atoms with Crippen LogP contribution in [0.15, 0.2) is 34.7 Å². The zero-order valence-electron chi connectivity index (χ0n) is 10.6. The highest BCUT2D eigenvalue weighted by atomic mass is 32.2. The highest BCUT2D eigenvalue weighted by Gasteiger charge is 2.07. The molecule has 2 aromatic rings. The third-order valence-electron chi connectivity index (χ3n) is 2.43. The van der Waals surface area contributed by atoms with Crippen LogP contribution in [-0.2, 0) is 11.2 Å². The highest BCUT2D eigenvalue weighted by Crippen LogP contribution is 2.26.